The smallest absolute Gasteiger partial charge is 0.370 e. The fourth-order valence-electron chi connectivity index (χ4n) is 1.30. The van der Waals surface area contributed by atoms with E-state index < -0.39 is 5.97 Å². The van der Waals surface area contributed by atoms with Gasteiger partial charge in [0.25, 0.3) is 0 Å². The standard InChI is InChI=1S/C12H15ClN2O3/c1-4-15(14-11(13)12(16)18-3)9-5-7-10(17-2)8-6-9/h5-8H,4H2,1-3H3/b14-11-. The van der Waals surface area contributed by atoms with Gasteiger partial charge in [0.05, 0.1) is 19.9 Å². The third-order valence-corrected chi connectivity index (χ3v) is 2.46. The minimum atomic E-state index is -0.663. The first-order valence-electron chi connectivity index (χ1n) is 5.36. The Morgan fingerprint density at radius 2 is 1.94 bits per heavy atom. The van der Waals surface area contributed by atoms with Crippen LogP contribution in [-0.2, 0) is 9.53 Å². The highest BCUT2D eigenvalue weighted by atomic mass is 35.5. The van der Waals surface area contributed by atoms with Gasteiger partial charge in [-0.25, -0.2) is 4.79 Å². The fraction of sp³-hybridized carbons (Fsp3) is 0.333. The second-order valence-electron chi connectivity index (χ2n) is 3.30. The number of carbonyl (C=O) groups is 1. The van der Waals surface area contributed by atoms with Crippen molar-refractivity contribution >= 4 is 28.4 Å². The van der Waals surface area contributed by atoms with Crippen LogP contribution in [0.15, 0.2) is 29.4 Å². The van der Waals surface area contributed by atoms with Crippen molar-refractivity contribution < 1.29 is 14.3 Å². The fourth-order valence-corrected chi connectivity index (χ4v) is 1.46. The average molecular weight is 271 g/mol. The summed E-state index contributed by atoms with van der Waals surface area (Å²) in [5, 5.41) is 5.37. The lowest BCUT2D eigenvalue weighted by Crippen LogP contribution is -2.20. The van der Waals surface area contributed by atoms with E-state index in [4.69, 9.17) is 16.3 Å². The summed E-state index contributed by atoms with van der Waals surface area (Å²) in [6, 6.07) is 7.26. The van der Waals surface area contributed by atoms with Gasteiger partial charge in [0.1, 0.15) is 5.75 Å². The highest BCUT2D eigenvalue weighted by Crippen LogP contribution is 2.19. The molecule has 0 radical (unpaired) electrons. The van der Waals surface area contributed by atoms with Gasteiger partial charge in [-0.3, -0.25) is 5.01 Å². The zero-order valence-electron chi connectivity index (χ0n) is 10.5. The lowest BCUT2D eigenvalue weighted by molar-refractivity contribution is -0.132. The van der Waals surface area contributed by atoms with Gasteiger partial charge in [0.2, 0.25) is 5.17 Å². The van der Waals surface area contributed by atoms with Crippen molar-refractivity contribution in [3.8, 4) is 5.75 Å². The number of carbonyl (C=O) groups excluding carboxylic acids is 1. The van der Waals surface area contributed by atoms with E-state index in [0.29, 0.717) is 6.54 Å². The molecular formula is C12H15ClN2O3. The molecule has 0 saturated heterocycles. The molecule has 0 unspecified atom stereocenters. The third kappa shape index (κ3) is 3.63. The van der Waals surface area contributed by atoms with Gasteiger partial charge in [0.15, 0.2) is 0 Å². The van der Waals surface area contributed by atoms with E-state index in [0.717, 1.165) is 11.4 Å². The molecule has 0 aromatic heterocycles. The van der Waals surface area contributed by atoms with E-state index in [-0.39, 0.29) is 5.17 Å². The molecule has 5 nitrogen and oxygen atoms in total. The predicted molar refractivity (Wildman–Crippen MR) is 71.3 cm³/mol. The SMILES string of the molecule is CCN(/N=C(\Cl)C(=O)OC)c1ccc(OC)cc1. The number of nitrogens with zero attached hydrogens (tertiary/aromatic N) is 2. The highest BCUT2D eigenvalue weighted by molar-refractivity contribution is 6.82. The maximum absolute atomic E-state index is 11.2. The Labute approximate surface area is 111 Å². The minimum absolute atomic E-state index is 0.213. The van der Waals surface area contributed by atoms with Crippen LogP contribution >= 0.6 is 11.6 Å². The van der Waals surface area contributed by atoms with Crippen LogP contribution in [0.2, 0.25) is 0 Å². The number of hydrazone groups is 1. The van der Waals surface area contributed by atoms with Crippen LogP contribution < -0.4 is 9.75 Å². The van der Waals surface area contributed by atoms with Crippen molar-refractivity contribution in [2.24, 2.45) is 5.10 Å². The van der Waals surface area contributed by atoms with Crippen LogP contribution in [0.1, 0.15) is 6.92 Å². The van der Waals surface area contributed by atoms with Crippen molar-refractivity contribution in [1.29, 1.82) is 0 Å². The first-order valence-corrected chi connectivity index (χ1v) is 5.74. The van der Waals surface area contributed by atoms with Crippen molar-refractivity contribution in [2.45, 2.75) is 6.92 Å². The molecule has 0 saturated carbocycles. The van der Waals surface area contributed by atoms with Gasteiger partial charge < -0.3 is 9.47 Å². The normalized spacial score (nSPS) is 11.0. The Hall–Kier alpha value is -1.75. The van der Waals surface area contributed by atoms with E-state index in [1.54, 1.807) is 24.3 Å². The van der Waals surface area contributed by atoms with Crippen LogP contribution in [0, 0.1) is 0 Å². The minimum Gasteiger partial charge on any atom is -0.497 e. The monoisotopic (exact) mass is 270 g/mol. The molecule has 98 valence electrons. The van der Waals surface area contributed by atoms with Crippen LogP contribution in [-0.4, -0.2) is 31.9 Å². The largest absolute Gasteiger partial charge is 0.497 e. The van der Waals surface area contributed by atoms with Crippen molar-refractivity contribution in [3.05, 3.63) is 24.3 Å². The predicted octanol–water partition coefficient (Wildman–Crippen LogP) is 2.25. The number of hydrogen-bond donors (Lipinski definition) is 0. The molecule has 6 heteroatoms. The molecule has 0 fully saturated rings. The van der Waals surface area contributed by atoms with Crippen molar-refractivity contribution in [2.75, 3.05) is 25.8 Å². The molecule has 0 aliphatic carbocycles. The molecular weight excluding hydrogens is 256 g/mol. The maximum atomic E-state index is 11.2. The van der Waals surface area contributed by atoms with Crippen LogP contribution in [0.25, 0.3) is 0 Å². The Balaban J connectivity index is 2.92. The molecule has 0 bridgehead atoms. The van der Waals surface area contributed by atoms with Gasteiger partial charge in [-0.05, 0) is 31.2 Å². The molecule has 18 heavy (non-hydrogen) atoms. The van der Waals surface area contributed by atoms with Crippen LogP contribution in [0.5, 0.6) is 5.75 Å². The molecule has 1 rings (SSSR count). The molecule has 1 aromatic carbocycles. The summed E-state index contributed by atoms with van der Waals surface area (Å²) >= 11 is 5.72. The summed E-state index contributed by atoms with van der Waals surface area (Å²) in [6.45, 7) is 2.47. The molecule has 0 atom stereocenters. The number of benzene rings is 1. The number of hydrogen-bond acceptors (Lipinski definition) is 5. The molecule has 0 heterocycles. The molecule has 0 N–H and O–H groups in total. The van der Waals surface area contributed by atoms with E-state index in [9.17, 15) is 4.79 Å². The van der Waals surface area contributed by atoms with Crippen LogP contribution in [0.4, 0.5) is 5.69 Å². The zero-order chi connectivity index (χ0) is 13.5. The number of ether oxygens (including phenoxy) is 2. The van der Waals surface area contributed by atoms with Gasteiger partial charge >= 0.3 is 5.97 Å². The lowest BCUT2D eigenvalue weighted by Gasteiger charge is -2.17. The van der Waals surface area contributed by atoms with E-state index in [1.807, 2.05) is 19.1 Å². The summed E-state index contributed by atoms with van der Waals surface area (Å²) in [5.41, 5.74) is 0.806. The second kappa shape index (κ2) is 6.86. The van der Waals surface area contributed by atoms with Crippen molar-refractivity contribution in [1.82, 2.24) is 0 Å². The van der Waals surface area contributed by atoms with Crippen LogP contribution in [0.3, 0.4) is 0 Å². The van der Waals surface area contributed by atoms with E-state index in [1.165, 1.54) is 7.11 Å². The maximum Gasteiger partial charge on any atom is 0.370 e. The number of rotatable bonds is 5. The number of esters is 1. The molecule has 0 aliphatic heterocycles. The summed E-state index contributed by atoms with van der Waals surface area (Å²) in [4.78, 5) is 11.2. The summed E-state index contributed by atoms with van der Waals surface area (Å²) in [5.74, 6) is 0.0847. The Kier molecular flexibility index (Phi) is 5.45. The number of anilines is 1. The van der Waals surface area contributed by atoms with E-state index in [2.05, 4.69) is 9.84 Å². The second-order valence-corrected chi connectivity index (χ2v) is 3.65. The number of halogens is 1. The molecule has 0 spiro atoms. The Bertz CT molecular complexity index is 431. The third-order valence-electron chi connectivity index (χ3n) is 2.23. The van der Waals surface area contributed by atoms with Crippen molar-refractivity contribution in [3.63, 3.8) is 0 Å². The number of methoxy groups -OCH3 is 2. The van der Waals surface area contributed by atoms with Gasteiger partial charge in [-0.15, -0.1) is 0 Å². The van der Waals surface area contributed by atoms with Gasteiger partial charge in [-0.1, -0.05) is 11.6 Å². The molecule has 1 aromatic rings. The highest BCUT2D eigenvalue weighted by Gasteiger charge is 2.11. The summed E-state index contributed by atoms with van der Waals surface area (Å²) in [6.07, 6.45) is 0. The van der Waals surface area contributed by atoms with Gasteiger partial charge in [-0.2, -0.15) is 5.10 Å². The van der Waals surface area contributed by atoms with Gasteiger partial charge in [0, 0.05) is 6.54 Å². The Morgan fingerprint density at radius 1 is 1.33 bits per heavy atom. The first kappa shape index (κ1) is 14.3. The quantitative estimate of drug-likeness (QED) is 0.468. The topological polar surface area (TPSA) is 51.1 Å². The average Bonchev–Trinajstić information content (AvgIpc) is 2.43. The lowest BCUT2D eigenvalue weighted by atomic mass is 10.3. The Morgan fingerprint density at radius 3 is 2.39 bits per heavy atom. The van der Waals surface area contributed by atoms with E-state index >= 15 is 0 Å². The summed E-state index contributed by atoms with van der Waals surface area (Å²) < 4.78 is 9.55. The zero-order valence-corrected chi connectivity index (χ0v) is 11.3. The summed E-state index contributed by atoms with van der Waals surface area (Å²) in [7, 11) is 2.85. The molecule has 0 amide bonds. The molecule has 0 aliphatic rings. The first-order chi connectivity index (χ1) is 8.62.